The van der Waals surface area contributed by atoms with Crippen LogP contribution in [0, 0.1) is 0 Å². The summed E-state index contributed by atoms with van der Waals surface area (Å²) < 4.78 is 2.12. The molecule has 0 saturated carbocycles. The molecule has 2 aromatic heterocycles. The number of carbonyl (C=O) groups is 1. The number of pyridine rings is 1. The molecule has 1 fully saturated rings. The molecule has 0 unspecified atom stereocenters. The number of fused-ring (bicyclic) bond motifs is 1. The van der Waals surface area contributed by atoms with Gasteiger partial charge in [0.05, 0.1) is 17.8 Å². The van der Waals surface area contributed by atoms with Crippen LogP contribution >= 0.6 is 23.8 Å². The van der Waals surface area contributed by atoms with Gasteiger partial charge in [0.2, 0.25) is 5.91 Å². The van der Waals surface area contributed by atoms with Gasteiger partial charge >= 0.3 is 0 Å². The molecule has 1 amide bonds. The van der Waals surface area contributed by atoms with Crippen molar-refractivity contribution in [3.8, 4) is 5.69 Å². The van der Waals surface area contributed by atoms with E-state index in [9.17, 15) is 4.79 Å². The molecule has 2 N–H and O–H groups in total. The number of nitrogens with zero attached hydrogens (tertiary/aromatic N) is 3. The number of carbonyl (C=O) groups excluding carboxylic acids is 1. The zero-order chi connectivity index (χ0) is 26.8. The number of anilines is 1. The molecule has 8 heteroatoms. The van der Waals surface area contributed by atoms with Crippen molar-refractivity contribution in [2.75, 3.05) is 11.9 Å². The van der Waals surface area contributed by atoms with Crippen LogP contribution in [0.3, 0.4) is 0 Å². The second-order valence-electron chi connectivity index (χ2n) is 9.43. The summed E-state index contributed by atoms with van der Waals surface area (Å²) in [6, 6.07) is 31.3. The Hall–Kier alpha value is -4.20. The third kappa shape index (κ3) is 5.11. The maximum Gasteiger partial charge on any atom is 0.226 e. The molecule has 3 aromatic carbocycles. The molecule has 2 atom stereocenters. The first-order valence-electron chi connectivity index (χ1n) is 12.8. The van der Waals surface area contributed by atoms with Crippen LogP contribution in [0.2, 0.25) is 5.02 Å². The number of amides is 1. The molecule has 1 aliphatic rings. The number of halogens is 1. The maximum absolute atomic E-state index is 13.2. The van der Waals surface area contributed by atoms with Gasteiger partial charge < -0.3 is 20.1 Å². The summed E-state index contributed by atoms with van der Waals surface area (Å²) in [5.41, 5.74) is 3.66. The van der Waals surface area contributed by atoms with E-state index in [4.69, 9.17) is 23.8 Å². The second-order valence-corrected chi connectivity index (χ2v) is 10.3. The number of thiocarbonyl (C=S) groups is 1. The maximum atomic E-state index is 13.2. The van der Waals surface area contributed by atoms with E-state index in [2.05, 4.69) is 31.2 Å². The van der Waals surface area contributed by atoms with E-state index in [0.717, 1.165) is 33.5 Å². The van der Waals surface area contributed by atoms with Gasteiger partial charge in [0.15, 0.2) is 5.11 Å². The predicted octanol–water partition coefficient (Wildman–Crippen LogP) is 6.68. The fourth-order valence-corrected chi connectivity index (χ4v) is 5.75. The standard InChI is InChI=1S/C31H26ClN5OS/c32-22-10-6-11-23(20-22)36-18-7-15-27(36)30-29(26-13-3-4-17-33-26)35-31(39)37(30)19-16-28(38)34-25-14-5-9-21-8-1-2-12-24(21)25/h1-15,17-18,20,29-30H,16,19H2,(H,34,38)(H,35,39)/t29-,30+/m0/s1. The highest BCUT2D eigenvalue weighted by atomic mass is 35.5. The number of hydrogen-bond donors (Lipinski definition) is 2. The number of nitrogens with one attached hydrogen (secondary N) is 2. The molecule has 6 nitrogen and oxygen atoms in total. The normalized spacial score (nSPS) is 16.8. The Morgan fingerprint density at radius 1 is 0.974 bits per heavy atom. The Bertz CT molecular complexity index is 1650. The predicted molar refractivity (Wildman–Crippen MR) is 160 cm³/mol. The molecule has 0 spiro atoms. The second kappa shape index (κ2) is 10.9. The molecule has 194 valence electrons. The highest BCUT2D eigenvalue weighted by molar-refractivity contribution is 7.80. The van der Waals surface area contributed by atoms with Gasteiger partial charge in [-0.05, 0) is 66.1 Å². The lowest BCUT2D eigenvalue weighted by molar-refractivity contribution is -0.116. The lowest BCUT2D eigenvalue weighted by Gasteiger charge is -2.29. The molecular formula is C31H26ClN5OS. The van der Waals surface area contributed by atoms with Gasteiger partial charge in [-0.3, -0.25) is 9.78 Å². The zero-order valence-electron chi connectivity index (χ0n) is 21.0. The van der Waals surface area contributed by atoms with Gasteiger partial charge in [0.25, 0.3) is 0 Å². The molecule has 3 heterocycles. The molecule has 39 heavy (non-hydrogen) atoms. The van der Waals surface area contributed by atoms with Gasteiger partial charge in [-0.25, -0.2) is 0 Å². The number of rotatable bonds is 7. The van der Waals surface area contributed by atoms with Crippen LogP contribution in [0.1, 0.15) is 29.9 Å². The van der Waals surface area contributed by atoms with Crippen molar-refractivity contribution in [2.45, 2.75) is 18.5 Å². The molecule has 1 aliphatic heterocycles. The van der Waals surface area contributed by atoms with E-state index in [0.29, 0.717) is 16.7 Å². The van der Waals surface area contributed by atoms with E-state index >= 15 is 0 Å². The van der Waals surface area contributed by atoms with Crippen molar-refractivity contribution in [1.29, 1.82) is 0 Å². The van der Waals surface area contributed by atoms with Gasteiger partial charge in [-0.2, -0.15) is 0 Å². The van der Waals surface area contributed by atoms with Crippen molar-refractivity contribution < 1.29 is 4.79 Å². The van der Waals surface area contributed by atoms with Crippen LogP contribution in [0.25, 0.3) is 16.5 Å². The van der Waals surface area contributed by atoms with Crippen LogP contribution < -0.4 is 10.6 Å². The molecule has 5 aromatic rings. The van der Waals surface area contributed by atoms with Crippen molar-refractivity contribution in [2.24, 2.45) is 0 Å². The monoisotopic (exact) mass is 551 g/mol. The Balaban J connectivity index is 1.29. The fourth-order valence-electron chi connectivity index (χ4n) is 5.23. The Morgan fingerprint density at radius 2 is 1.79 bits per heavy atom. The quantitative estimate of drug-likeness (QED) is 0.221. The largest absolute Gasteiger partial charge is 0.352 e. The Kier molecular flexibility index (Phi) is 7.00. The van der Waals surface area contributed by atoms with Gasteiger partial charge in [-0.15, -0.1) is 0 Å². The van der Waals surface area contributed by atoms with Crippen LogP contribution in [0.15, 0.2) is 109 Å². The summed E-state index contributed by atoms with van der Waals surface area (Å²) >= 11 is 12.1. The fraction of sp³-hybridized carbons (Fsp3) is 0.129. The van der Waals surface area contributed by atoms with Crippen molar-refractivity contribution in [3.63, 3.8) is 0 Å². The number of aromatic nitrogens is 2. The van der Waals surface area contributed by atoms with Crippen LogP contribution in [-0.4, -0.2) is 32.0 Å². The van der Waals surface area contributed by atoms with Crippen molar-refractivity contribution in [1.82, 2.24) is 19.8 Å². The van der Waals surface area contributed by atoms with Crippen LogP contribution in [0.5, 0.6) is 0 Å². The molecular weight excluding hydrogens is 526 g/mol. The molecule has 1 saturated heterocycles. The van der Waals surface area contributed by atoms with Crippen LogP contribution in [0.4, 0.5) is 5.69 Å². The molecule has 0 bridgehead atoms. The molecule has 0 aliphatic carbocycles. The topological polar surface area (TPSA) is 62.2 Å². The van der Waals surface area contributed by atoms with Crippen molar-refractivity contribution in [3.05, 3.63) is 126 Å². The SMILES string of the molecule is O=C(CCN1C(=S)N[C@@H](c2ccccn2)[C@H]1c1cccn1-c1cccc(Cl)c1)Nc1cccc2ccccc12. The number of benzene rings is 3. The number of hydrogen-bond acceptors (Lipinski definition) is 3. The Labute approximate surface area is 237 Å². The summed E-state index contributed by atoms with van der Waals surface area (Å²) in [6.07, 6.45) is 4.07. The molecule has 0 radical (unpaired) electrons. The van der Waals surface area contributed by atoms with E-state index in [1.54, 1.807) is 6.20 Å². The average Bonchev–Trinajstić information content (AvgIpc) is 3.57. The summed E-state index contributed by atoms with van der Waals surface area (Å²) in [4.78, 5) is 19.9. The summed E-state index contributed by atoms with van der Waals surface area (Å²) in [7, 11) is 0. The first-order valence-corrected chi connectivity index (χ1v) is 13.6. The third-order valence-corrected chi connectivity index (χ3v) is 7.60. The smallest absolute Gasteiger partial charge is 0.226 e. The van der Waals surface area contributed by atoms with E-state index in [-0.39, 0.29) is 24.4 Å². The highest BCUT2D eigenvalue weighted by Gasteiger charge is 2.41. The summed E-state index contributed by atoms with van der Waals surface area (Å²) in [6.45, 7) is 0.442. The first kappa shape index (κ1) is 25.1. The highest BCUT2D eigenvalue weighted by Crippen LogP contribution is 2.39. The lowest BCUT2D eigenvalue weighted by Crippen LogP contribution is -2.33. The summed E-state index contributed by atoms with van der Waals surface area (Å²) in [5, 5.41) is 9.92. The average molecular weight is 552 g/mol. The van der Waals surface area contributed by atoms with Crippen LogP contribution in [-0.2, 0) is 4.79 Å². The van der Waals surface area contributed by atoms with E-state index in [1.807, 2.05) is 97.2 Å². The lowest BCUT2D eigenvalue weighted by atomic mass is 10.0. The van der Waals surface area contributed by atoms with Gasteiger partial charge in [-0.1, -0.05) is 60.1 Å². The van der Waals surface area contributed by atoms with Gasteiger partial charge in [0.1, 0.15) is 0 Å². The van der Waals surface area contributed by atoms with Gasteiger partial charge in [0, 0.05) is 52.8 Å². The minimum Gasteiger partial charge on any atom is -0.352 e. The minimum atomic E-state index is -0.188. The van der Waals surface area contributed by atoms with E-state index < -0.39 is 0 Å². The first-order chi connectivity index (χ1) is 19.1. The zero-order valence-corrected chi connectivity index (χ0v) is 22.6. The summed E-state index contributed by atoms with van der Waals surface area (Å²) in [5.74, 6) is -0.0700. The minimum absolute atomic E-state index is 0.0700. The molecule has 6 rings (SSSR count). The van der Waals surface area contributed by atoms with E-state index in [1.165, 1.54) is 0 Å². The van der Waals surface area contributed by atoms with Crippen molar-refractivity contribution >= 4 is 51.3 Å². The third-order valence-electron chi connectivity index (χ3n) is 7.01. The Morgan fingerprint density at radius 3 is 2.64 bits per heavy atom.